The van der Waals surface area contributed by atoms with Crippen LogP contribution in [0.3, 0.4) is 0 Å². The van der Waals surface area contributed by atoms with Crippen LogP contribution >= 0.6 is 11.6 Å². The summed E-state index contributed by atoms with van der Waals surface area (Å²) in [4.78, 5) is 3.87. The monoisotopic (exact) mass is 416 g/mol. The number of aromatic nitrogens is 2. The van der Waals surface area contributed by atoms with Gasteiger partial charge in [0.25, 0.3) is 0 Å². The first-order valence-corrected chi connectivity index (χ1v) is 10.3. The minimum Gasteiger partial charge on any atom is -0.305 e. The maximum Gasteiger partial charge on any atom is 0.183 e. The van der Waals surface area contributed by atoms with Gasteiger partial charge in [-0.2, -0.15) is 0 Å². The molecule has 0 radical (unpaired) electrons. The number of rotatable bonds is 5. The Labute approximate surface area is 182 Å². The van der Waals surface area contributed by atoms with Gasteiger partial charge in [-0.15, -0.1) is 5.98 Å². The van der Waals surface area contributed by atoms with Crippen molar-refractivity contribution in [3.63, 3.8) is 0 Å². The lowest BCUT2D eigenvalue weighted by Crippen LogP contribution is -2.16. The van der Waals surface area contributed by atoms with E-state index in [9.17, 15) is 4.39 Å². The molecule has 0 saturated carbocycles. The summed E-state index contributed by atoms with van der Waals surface area (Å²) < 4.78 is 14.4. The predicted molar refractivity (Wildman–Crippen MR) is 127 cm³/mol. The van der Waals surface area contributed by atoms with Gasteiger partial charge in [-0.3, -0.25) is 0 Å². The molecule has 0 unspecified atom stereocenters. The Morgan fingerprint density at radius 1 is 1.03 bits per heavy atom. The Balaban J connectivity index is 0.000000177. The van der Waals surface area contributed by atoms with E-state index in [0.717, 1.165) is 19.4 Å². The zero-order chi connectivity index (χ0) is 21.2. The molecule has 1 heterocycles. The summed E-state index contributed by atoms with van der Waals surface area (Å²) in [5.74, 6) is 1.90. The van der Waals surface area contributed by atoms with Gasteiger partial charge in [-0.1, -0.05) is 90.2 Å². The fraction of sp³-hybridized carbons (Fsp3) is 0.0800. The van der Waals surface area contributed by atoms with Gasteiger partial charge in [0.2, 0.25) is 0 Å². The van der Waals surface area contributed by atoms with Gasteiger partial charge in [-0.05, 0) is 30.2 Å². The lowest BCUT2D eigenvalue weighted by atomic mass is 9.67. The van der Waals surface area contributed by atoms with E-state index in [2.05, 4.69) is 72.5 Å². The highest BCUT2D eigenvalue weighted by Crippen LogP contribution is 2.20. The van der Waals surface area contributed by atoms with Crippen LogP contribution in [0.5, 0.6) is 0 Å². The first-order valence-electron chi connectivity index (χ1n) is 9.89. The molecule has 0 N–H and O–H groups in total. The second-order valence-electron chi connectivity index (χ2n) is 6.71. The van der Waals surface area contributed by atoms with Crippen LogP contribution in [0.15, 0.2) is 97.5 Å². The Morgan fingerprint density at radius 2 is 1.80 bits per heavy atom. The van der Waals surface area contributed by atoms with E-state index in [1.54, 1.807) is 29.4 Å². The van der Waals surface area contributed by atoms with Crippen molar-refractivity contribution < 1.29 is 4.39 Å². The summed E-state index contributed by atoms with van der Waals surface area (Å²) in [6.07, 6.45) is 8.29. The second kappa shape index (κ2) is 11.2. The van der Waals surface area contributed by atoms with Crippen LogP contribution in [-0.2, 0) is 6.42 Å². The van der Waals surface area contributed by atoms with Crippen LogP contribution in [-0.4, -0.2) is 16.8 Å². The first kappa shape index (κ1) is 21.6. The number of aryl methyl sites for hydroxylation is 1. The lowest BCUT2D eigenvalue weighted by molar-refractivity contribution is 0.627. The number of benzene rings is 3. The van der Waals surface area contributed by atoms with Gasteiger partial charge >= 0.3 is 0 Å². The summed E-state index contributed by atoms with van der Waals surface area (Å²) in [6.45, 7) is 2.21. The minimum atomic E-state index is -0.339. The Bertz CT molecular complexity index is 1080. The molecule has 0 atom stereocenters. The number of imidazole rings is 1. The molecule has 0 aliphatic heterocycles. The lowest BCUT2D eigenvalue weighted by Gasteiger charge is -2.03. The second-order valence-corrected chi connectivity index (χ2v) is 7.11. The molecule has 4 aromatic rings. The fourth-order valence-corrected chi connectivity index (χ4v) is 3.34. The summed E-state index contributed by atoms with van der Waals surface area (Å²) in [7, 11) is 1.01. The maximum atomic E-state index is 12.7. The van der Waals surface area contributed by atoms with Gasteiger partial charge in [0, 0.05) is 12.4 Å². The average molecular weight is 417 g/mol. The molecule has 3 aromatic carbocycles. The van der Waals surface area contributed by atoms with Gasteiger partial charge in [0.05, 0.1) is 17.0 Å². The zero-order valence-corrected chi connectivity index (χ0v) is 17.6. The molecular formula is C25H23BClFN2. The maximum absolute atomic E-state index is 12.7. The SMILES string of the molecule is CCc1ccccc1BC=Cc1ccccc1.Fc1ccc(-n2ccnc2)c(Cl)c1. The van der Waals surface area contributed by atoms with E-state index in [4.69, 9.17) is 11.6 Å². The number of halogens is 2. The molecule has 0 amide bonds. The van der Waals surface area contributed by atoms with Crippen molar-refractivity contribution in [2.45, 2.75) is 13.3 Å². The minimum absolute atomic E-state index is 0.339. The van der Waals surface area contributed by atoms with Crippen molar-refractivity contribution in [1.82, 2.24) is 9.55 Å². The highest BCUT2D eigenvalue weighted by Gasteiger charge is 2.02. The van der Waals surface area contributed by atoms with Crippen LogP contribution < -0.4 is 5.46 Å². The van der Waals surface area contributed by atoms with Gasteiger partial charge in [-0.25, -0.2) is 9.37 Å². The van der Waals surface area contributed by atoms with E-state index >= 15 is 0 Å². The van der Waals surface area contributed by atoms with Crippen LogP contribution in [0.25, 0.3) is 11.8 Å². The molecule has 0 spiro atoms. The average Bonchev–Trinajstić information content (AvgIpc) is 3.30. The molecule has 5 heteroatoms. The van der Waals surface area contributed by atoms with Crippen LogP contribution in [0.2, 0.25) is 5.02 Å². The van der Waals surface area contributed by atoms with Crippen molar-refractivity contribution in [2.75, 3.05) is 0 Å². The smallest absolute Gasteiger partial charge is 0.183 e. The van der Waals surface area contributed by atoms with E-state index < -0.39 is 0 Å². The summed E-state index contributed by atoms with van der Waals surface area (Å²) >= 11 is 5.83. The van der Waals surface area contributed by atoms with Crippen LogP contribution in [0.1, 0.15) is 18.1 Å². The number of hydrogen-bond acceptors (Lipinski definition) is 1. The summed E-state index contributed by atoms with van der Waals surface area (Å²) in [5, 5.41) is 0.373. The quantitative estimate of drug-likeness (QED) is 0.385. The number of hydrogen-bond donors (Lipinski definition) is 0. The third kappa shape index (κ3) is 6.20. The van der Waals surface area contributed by atoms with Gasteiger partial charge in [0.1, 0.15) is 5.82 Å². The standard InChI is InChI=1S/C16H17B.C9H6ClFN2/c1-2-15-10-6-7-11-16(15)17-13-12-14-8-4-3-5-9-14;10-8-5-7(11)1-2-9(8)13-4-3-12-6-13/h3-13,17H,2H2,1H3;1-6H. The molecule has 150 valence electrons. The molecule has 1 aromatic heterocycles. The van der Waals surface area contributed by atoms with Crippen LogP contribution in [0, 0.1) is 5.82 Å². The van der Waals surface area contributed by atoms with E-state index in [0.29, 0.717) is 5.02 Å². The molecular weight excluding hydrogens is 394 g/mol. The Hall–Kier alpha value is -3.11. The third-order valence-electron chi connectivity index (χ3n) is 4.64. The van der Waals surface area contributed by atoms with Gasteiger partial charge < -0.3 is 4.57 Å². The van der Waals surface area contributed by atoms with Crippen LogP contribution in [0.4, 0.5) is 4.39 Å². The normalized spacial score (nSPS) is 10.5. The molecule has 0 aliphatic carbocycles. The topological polar surface area (TPSA) is 17.8 Å². The van der Waals surface area contributed by atoms with E-state index in [-0.39, 0.29) is 5.82 Å². The zero-order valence-electron chi connectivity index (χ0n) is 16.9. The van der Waals surface area contributed by atoms with E-state index in [1.807, 2.05) is 6.07 Å². The van der Waals surface area contributed by atoms with Crippen molar-refractivity contribution in [3.8, 4) is 5.69 Å². The number of nitrogens with zero attached hydrogens (tertiary/aromatic N) is 2. The molecule has 0 bridgehead atoms. The van der Waals surface area contributed by atoms with Crippen molar-refractivity contribution in [3.05, 3.63) is 119 Å². The largest absolute Gasteiger partial charge is 0.305 e. The summed E-state index contributed by atoms with van der Waals surface area (Å²) in [6, 6.07) is 23.3. The molecule has 0 fully saturated rings. The highest BCUT2D eigenvalue weighted by atomic mass is 35.5. The van der Waals surface area contributed by atoms with Crippen molar-refractivity contribution >= 4 is 30.4 Å². The highest BCUT2D eigenvalue weighted by molar-refractivity contribution is 6.59. The third-order valence-corrected chi connectivity index (χ3v) is 4.94. The molecule has 2 nitrogen and oxygen atoms in total. The summed E-state index contributed by atoms with van der Waals surface area (Å²) in [5.41, 5.74) is 4.87. The molecule has 4 rings (SSSR count). The molecule has 0 saturated heterocycles. The molecule has 0 aliphatic rings. The van der Waals surface area contributed by atoms with E-state index in [1.165, 1.54) is 28.7 Å². The Kier molecular flexibility index (Phi) is 8.05. The van der Waals surface area contributed by atoms with Gasteiger partial charge in [0.15, 0.2) is 7.28 Å². The van der Waals surface area contributed by atoms with Crippen molar-refractivity contribution in [2.24, 2.45) is 0 Å². The Morgan fingerprint density at radius 3 is 2.50 bits per heavy atom. The fourth-order valence-electron chi connectivity index (χ4n) is 3.08. The predicted octanol–water partition coefficient (Wildman–Crippen LogP) is 5.65. The molecule has 30 heavy (non-hydrogen) atoms. The first-order chi connectivity index (χ1) is 14.7. The van der Waals surface area contributed by atoms with Crippen molar-refractivity contribution in [1.29, 1.82) is 0 Å².